The number of nitrogens with zero attached hydrogens (tertiary/aromatic N) is 1. The molecule has 0 aromatic heterocycles. The van der Waals surface area contributed by atoms with E-state index >= 15 is 0 Å². The van der Waals surface area contributed by atoms with Crippen molar-refractivity contribution in [3.63, 3.8) is 0 Å². The zero-order chi connectivity index (χ0) is 13.5. The molecule has 5 nitrogen and oxygen atoms in total. The molecular weight excluding hydrogens is 244 g/mol. The molecule has 1 aliphatic carbocycles. The maximum absolute atomic E-state index is 12.8. The van der Waals surface area contributed by atoms with Gasteiger partial charge in [0, 0.05) is 19.6 Å². The normalized spacial score (nSPS) is 36.9. The minimum Gasteiger partial charge on any atom is -0.379 e. The third kappa shape index (κ3) is 2.36. The van der Waals surface area contributed by atoms with Crippen molar-refractivity contribution in [2.75, 3.05) is 19.8 Å². The van der Waals surface area contributed by atoms with Crippen LogP contribution in [0.15, 0.2) is 0 Å². The summed E-state index contributed by atoms with van der Waals surface area (Å²) in [6.45, 7) is 3.82. The molecule has 0 aromatic carbocycles. The first-order valence-corrected chi connectivity index (χ1v) is 7.31. The average Bonchev–Trinajstić information content (AvgIpc) is 3.23. The van der Waals surface area contributed by atoms with Gasteiger partial charge in [-0.25, -0.2) is 0 Å². The van der Waals surface area contributed by atoms with Crippen molar-refractivity contribution in [1.82, 2.24) is 10.2 Å². The molecule has 1 N–H and O–H groups in total. The van der Waals surface area contributed by atoms with Crippen LogP contribution in [0.25, 0.3) is 0 Å². The molecule has 19 heavy (non-hydrogen) atoms. The van der Waals surface area contributed by atoms with Crippen molar-refractivity contribution in [2.24, 2.45) is 5.92 Å². The quantitative estimate of drug-likeness (QED) is 0.799. The van der Waals surface area contributed by atoms with Crippen LogP contribution < -0.4 is 5.32 Å². The van der Waals surface area contributed by atoms with Crippen LogP contribution in [0, 0.1) is 5.92 Å². The molecule has 3 rings (SSSR count). The van der Waals surface area contributed by atoms with E-state index in [2.05, 4.69) is 5.32 Å². The molecule has 2 aliphatic heterocycles. The molecule has 1 saturated carbocycles. The molecule has 5 heteroatoms. The predicted octanol–water partition coefficient (Wildman–Crippen LogP) is 0.683. The van der Waals surface area contributed by atoms with Gasteiger partial charge < -0.3 is 15.0 Å². The number of ether oxygens (including phenoxy) is 1. The molecule has 3 aliphatic rings. The lowest BCUT2D eigenvalue weighted by Crippen LogP contribution is -2.59. The van der Waals surface area contributed by atoms with E-state index in [0.29, 0.717) is 25.5 Å². The first kappa shape index (κ1) is 12.9. The van der Waals surface area contributed by atoms with E-state index in [9.17, 15) is 9.59 Å². The lowest BCUT2D eigenvalue weighted by Gasteiger charge is -2.38. The standard InChI is InChI=1S/C14H22N2O3/c1-14(10-4-5-10)13(18)16(7-6-12(17)15-14)11-3-2-8-19-9-11/h10-11H,2-9H2,1H3,(H,15,17). The van der Waals surface area contributed by atoms with Crippen LogP contribution in [-0.4, -0.2) is 48.1 Å². The van der Waals surface area contributed by atoms with Crippen LogP contribution in [0.4, 0.5) is 0 Å². The van der Waals surface area contributed by atoms with Gasteiger partial charge in [-0.15, -0.1) is 0 Å². The van der Waals surface area contributed by atoms with Gasteiger partial charge in [-0.3, -0.25) is 9.59 Å². The van der Waals surface area contributed by atoms with Crippen LogP contribution in [0.5, 0.6) is 0 Å². The molecule has 0 aromatic rings. The third-order valence-corrected chi connectivity index (χ3v) is 4.65. The van der Waals surface area contributed by atoms with Gasteiger partial charge in [0.15, 0.2) is 0 Å². The van der Waals surface area contributed by atoms with Crippen molar-refractivity contribution in [2.45, 2.75) is 50.6 Å². The van der Waals surface area contributed by atoms with E-state index in [0.717, 1.165) is 32.3 Å². The molecule has 2 atom stereocenters. The van der Waals surface area contributed by atoms with E-state index in [-0.39, 0.29) is 17.9 Å². The lowest BCUT2D eigenvalue weighted by molar-refractivity contribution is -0.143. The SMILES string of the molecule is CC1(C2CC2)NC(=O)CCN(C2CCCOC2)C1=O. The molecule has 2 heterocycles. The molecular formula is C14H22N2O3. The number of carbonyl (C=O) groups excluding carboxylic acids is 2. The number of carbonyl (C=O) groups is 2. The summed E-state index contributed by atoms with van der Waals surface area (Å²) in [5.74, 6) is 0.410. The van der Waals surface area contributed by atoms with E-state index in [4.69, 9.17) is 4.74 Å². The topological polar surface area (TPSA) is 58.6 Å². The van der Waals surface area contributed by atoms with Gasteiger partial charge in [-0.05, 0) is 38.5 Å². The Labute approximate surface area is 113 Å². The van der Waals surface area contributed by atoms with E-state index in [1.54, 1.807) is 0 Å². The molecule has 0 radical (unpaired) electrons. The Morgan fingerprint density at radius 3 is 2.74 bits per heavy atom. The second-order valence-corrected chi connectivity index (χ2v) is 6.14. The molecule has 106 valence electrons. The molecule has 0 bridgehead atoms. The smallest absolute Gasteiger partial charge is 0.248 e. The van der Waals surface area contributed by atoms with Crippen molar-refractivity contribution >= 4 is 11.8 Å². The summed E-state index contributed by atoms with van der Waals surface area (Å²) < 4.78 is 5.50. The zero-order valence-electron chi connectivity index (χ0n) is 11.5. The van der Waals surface area contributed by atoms with Crippen LogP contribution >= 0.6 is 0 Å². The number of hydrogen-bond acceptors (Lipinski definition) is 3. The van der Waals surface area contributed by atoms with Crippen molar-refractivity contribution in [3.8, 4) is 0 Å². The highest BCUT2D eigenvalue weighted by molar-refractivity contribution is 5.94. The summed E-state index contributed by atoms with van der Waals surface area (Å²) in [6, 6.07) is 0.145. The minimum atomic E-state index is -0.689. The zero-order valence-corrected chi connectivity index (χ0v) is 11.5. The van der Waals surface area contributed by atoms with Gasteiger partial charge in [0.1, 0.15) is 5.54 Å². The van der Waals surface area contributed by atoms with Gasteiger partial charge >= 0.3 is 0 Å². The maximum Gasteiger partial charge on any atom is 0.248 e. The average molecular weight is 266 g/mol. The Morgan fingerprint density at radius 2 is 2.11 bits per heavy atom. The molecule has 2 saturated heterocycles. The largest absolute Gasteiger partial charge is 0.379 e. The van der Waals surface area contributed by atoms with Gasteiger partial charge in [0.25, 0.3) is 0 Å². The summed E-state index contributed by atoms with van der Waals surface area (Å²) in [5.41, 5.74) is -0.689. The molecule has 2 amide bonds. The Bertz CT molecular complexity index is 388. The number of rotatable bonds is 2. The van der Waals surface area contributed by atoms with Crippen LogP contribution in [-0.2, 0) is 14.3 Å². The highest BCUT2D eigenvalue weighted by Crippen LogP contribution is 2.41. The van der Waals surface area contributed by atoms with Crippen molar-refractivity contribution < 1.29 is 14.3 Å². The minimum absolute atomic E-state index is 0.00183. The maximum atomic E-state index is 12.8. The van der Waals surface area contributed by atoms with Gasteiger partial charge in [0.2, 0.25) is 11.8 Å². The van der Waals surface area contributed by atoms with Gasteiger partial charge in [-0.1, -0.05) is 0 Å². The summed E-state index contributed by atoms with van der Waals surface area (Å²) in [7, 11) is 0. The van der Waals surface area contributed by atoms with Crippen LogP contribution in [0.2, 0.25) is 0 Å². The number of nitrogens with one attached hydrogen (secondary N) is 1. The van der Waals surface area contributed by atoms with E-state index in [1.165, 1.54) is 0 Å². The summed E-state index contributed by atoms with van der Waals surface area (Å²) in [6.07, 6.45) is 4.47. The second kappa shape index (κ2) is 4.78. The van der Waals surface area contributed by atoms with E-state index < -0.39 is 5.54 Å². The molecule has 0 spiro atoms. The van der Waals surface area contributed by atoms with E-state index in [1.807, 2.05) is 11.8 Å². The summed E-state index contributed by atoms with van der Waals surface area (Å²) in [4.78, 5) is 26.6. The highest BCUT2D eigenvalue weighted by atomic mass is 16.5. The summed E-state index contributed by atoms with van der Waals surface area (Å²) >= 11 is 0. The first-order chi connectivity index (χ1) is 9.11. The molecule has 2 unspecified atom stereocenters. The number of amides is 2. The van der Waals surface area contributed by atoms with Gasteiger partial charge in [-0.2, -0.15) is 0 Å². The monoisotopic (exact) mass is 266 g/mol. The van der Waals surface area contributed by atoms with Gasteiger partial charge in [0.05, 0.1) is 12.6 Å². The lowest BCUT2D eigenvalue weighted by atomic mass is 9.93. The fourth-order valence-electron chi connectivity index (χ4n) is 3.28. The fourth-order valence-corrected chi connectivity index (χ4v) is 3.28. The van der Waals surface area contributed by atoms with Crippen molar-refractivity contribution in [1.29, 1.82) is 0 Å². The Morgan fingerprint density at radius 1 is 1.32 bits per heavy atom. The second-order valence-electron chi connectivity index (χ2n) is 6.14. The summed E-state index contributed by atoms with van der Waals surface area (Å²) in [5, 5.41) is 2.97. The number of hydrogen-bond donors (Lipinski definition) is 1. The van der Waals surface area contributed by atoms with Crippen LogP contribution in [0.1, 0.15) is 39.0 Å². The highest BCUT2D eigenvalue weighted by Gasteiger charge is 2.52. The Hall–Kier alpha value is -1.10. The predicted molar refractivity (Wildman–Crippen MR) is 69.4 cm³/mol. The fraction of sp³-hybridized carbons (Fsp3) is 0.857. The molecule has 3 fully saturated rings. The third-order valence-electron chi connectivity index (χ3n) is 4.65. The Balaban J connectivity index is 1.82. The Kier molecular flexibility index (Phi) is 3.25. The van der Waals surface area contributed by atoms with Crippen molar-refractivity contribution in [3.05, 3.63) is 0 Å². The van der Waals surface area contributed by atoms with Crippen LogP contribution in [0.3, 0.4) is 0 Å². The first-order valence-electron chi connectivity index (χ1n) is 7.31.